The molecule has 0 aliphatic rings. The average Bonchev–Trinajstić information content (AvgIpc) is 2.93. The Morgan fingerprint density at radius 2 is 1.82 bits per heavy atom. The molecule has 0 fully saturated rings. The van der Waals surface area contributed by atoms with Gasteiger partial charge in [-0.05, 0) is 31.2 Å². The van der Waals surface area contributed by atoms with Crippen molar-refractivity contribution >= 4 is 46.5 Å². The lowest BCUT2D eigenvalue weighted by Crippen LogP contribution is -2.13. The number of hydrogen-bond donors (Lipinski definition) is 1. The molecule has 1 amide bonds. The molecule has 1 aromatic heterocycles. The van der Waals surface area contributed by atoms with Crippen LogP contribution in [0.1, 0.15) is 6.92 Å². The molecule has 1 aromatic carbocycles. The first-order chi connectivity index (χ1) is 10.5. The zero-order chi connectivity index (χ0) is 15.9. The molecule has 0 spiro atoms. The van der Waals surface area contributed by atoms with Crippen LogP contribution in [-0.2, 0) is 4.79 Å². The minimum atomic E-state index is -0.332. The molecule has 0 radical (unpaired) electrons. The van der Waals surface area contributed by atoms with Crippen LogP contribution < -0.4 is 5.32 Å². The monoisotopic (exact) mass is 355 g/mol. The SMILES string of the molecule is C=C(C)CSc1nnc(SCC(=O)Nc2ccc(F)cc2)s1. The van der Waals surface area contributed by atoms with Crippen LogP contribution in [0.2, 0.25) is 0 Å². The van der Waals surface area contributed by atoms with Crippen LogP contribution in [0.5, 0.6) is 0 Å². The summed E-state index contributed by atoms with van der Waals surface area (Å²) in [6.45, 7) is 5.80. The highest BCUT2D eigenvalue weighted by molar-refractivity contribution is 8.03. The number of thioether (sulfide) groups is 2. The molecule has 22 heavy (non-hydrogen) atoms. The Hall–Kier alpha value is -1.38. The van der Waals surface area contributed by atoms with Gasteiger partial charge in [-0.3, -0.25) is 4.79 Å². The first kappa shape index (κ1) is 17.0. The van der Waals surface area contributed by atoms with Gasteiger partial charge in [-0.1, -0.05) is 47.0 Å². The van der Waals surface area contributed by atoms with Crippen molar-refractivity contribution in [2.75, 3.05) is 16.8 Å². The molecule has 0 bridgehead atoms. The third-order valence-electron chi connectivity index (χ3n) is 2.28. The maximum atomic E-state index is 12.8. The van der Waals surface area contributed by atoms with E-state index >= 15 is 0 Å². The molecule has 8 heteroatoms. The fraction of sp³-hybridized carbons (Fsp3) is 0.214. The lowest BCUT2D eigenvalue weighted by atomic mass is 10.3. The fourth-order valence-electron chi connectivity index (χ4n) is 1.36. The molecule has 0 atom stereocenters. The van der Waals surface area contributed by atoms with Gasteiger partial charge in [0, 0.05) is 11.4 Å². The van der Waals surface area contributed by atoms with Crippen molar-refractivity contribution in [3.8, 4) is 0 Å². The molecule has 0 saturated heterocycles. The van der Waals surface area contributed by atoms with Crippen LogP contribution in [-0.4, -0.2) is 27.6 Å². The summed E-state index contributed by atoms with van der Waals surface area (Å²) in [5.41, 5.74) is 1.65. The van der Waals surface area contributed by atoms with E-state index in [1.165, 1.54) is 47.4 Å². The lowest BCUT2D eigenvalue weighted by Gasteiger charge is -2.03. The van der Waals surface area contributed by atoms with Crippen molar-refractivity contribution in [2.24, 2.45) is 0 Å². The summed E-state index contributed by atoms with van der Waals surface area (Å²) >= 11 is 4.37. The van der Waals surface area contributed by atoms with E-state index in [2.05, 4.69) is 22.1 Å². The number of carbonyl (C=O) groups excluding carboxylic acids is 1. The smallest absolute Gasteiger partial charge is 0.234 e. The van der Waals surface area contributed by atoms with Crippen LogP contribution in [0.15, 0.2) is 45.1 Å². The zero-order valence-corrected chi connectivity index (χ0v) is 14.3. The molecule has 1 heterocycles. The third-order valence-corrected chi connectivity index (χ3v) is 5.71. The lowest BCUT2D eigenvalue weighted by molar-refractivity contribution is -0.113. The van der Waals surface area contributed by atoms with E-state index in [0.717, 1.165) is 20.0 Å². The van der Waals surface area contributed by atoms with Gasteiger partial charge in [-0.15, -0.1) is 10.2 Å². The van der Waals surface area contributed by atoms with E-state index in [-0.39, 0.29) is 17.5 Å². The number of benzene rings is 1. The molecule has 116 valence electrons. The quantitative estimate of drug-likeness (QED) is 0.599. The van der Waals surface area contributed by atoms with E-state index in [0.29, 0.717) is 5.69 Å². The van der Waals surface area contributed by atoms with Crippen LogP contribution >= 0.6 is 34.9 Å². The number of hydrogen-bond acceptors (Lipinski definition) is 6. The summed E-state index contributed by atoms with van der Waals surface area (Å²) in [4.78, 5) is 11.8. The van der Waals surface area contributed by atoms with Crippen LogP contribution in [0.3, 0.4) is 0 Å². The first-order valence-corrected chi connectivity index (χ1v) is 9.10. The van der Waals surface area contributed by atoms with Gasteiger partial charge in [-0.2, -0.15) is 0 Å². The molecule has 0 aliphatic carbocycles. The van der Waals surface area contributed by atoms with Gasteiger partial charge in [0.05, 0.1) is 5.75 Å². The van der Waals surface area contributed by atoms with Gasteiger partial charge >= 0.3 is 0 Å². The summed E-state index contributed by atoms with van der Waals surface area (Å²) in [6, 6.07) is 5.65. The molecule has 0 unspecified atom stereocenters. The number of rotatable bonds is 7. The predicted molar refractivity (Wildman–Crippen MR) is 91.2 cm³/mol. The third kappa shape index (κ3) is 5.78. The molecule has 0 aliphatic heterocycles. The van der Waals surface area contributed by atoms with Gasteiger partial charge < -0.3 is 5.32 Å². The molecular weight excluding hydrogens is 341 g/mol. The highest BCUT2D eigenvalue weighted by atomic mass is 32.2. The number of amides is 1. The topological polar surface area (TPSA) is 54.9 Å². The maximum Gasteiger partial charge on any atom is 0.234 e. The summed E-state index contributed by atoms with van der Waals surface area (Å²) in [5, 5.41) is 10.8. The summed E-state index contributed by atoms with van der Waals surface area (Å²) < 4.78 is 14.4. The Morgan fingerprint density at radius 3 is 2.41 bits per heavy atom. The van der Waals surface area contributed by atoms with Crippen LogP contribution in [0, 0.1) is 5.82 Å². The van der Waals surface area contributed by atoms with Crippen molar-refractivity contribution in [1.82, 2.24) is 10.2 Å². The molecule has 1 N–H and O–H groups in total. The van der Waals surface area contributed by atoms with Gasteiger partial charge in [0.15, 0.2) is 8.68 Å². The standard InChI is InChI=1S/C14H14FN3OS3/c1-9(2)7-20-13-17-18-14(22-13)21-8-12(19)16-11-5-3-10(15)4-6-11/h3-6H,1,7-8H2,2H3,(H,16,19). The second-order valence-electron chi connectivity index (χ2n) is 4.42. The second-order valence-corrected chi connectivity index (χ2v) is 7.85. The molecular formula is C14H14FN3OS3. The van der Waals surface area contributed by atoms with Crippen molar-refractivity contribution in [1.29, 1.82) is 0 Å². The Balaban J connectivity index is 1.78. The number of nitrogens with one attached hydrogen (secondary N) is 1. The fourth-order valence-corrected chi connectivity index (χ4v) is 4.02. The molecule has 0 saturated carbocycles. The van der Waals surface area contributed by atoms with Crippen molar-refractivity contribution in [2.45, 2.75) is 15.6 Å². The molecule has 2 rings (SSSR count). The number of nitrogens with zero attached hydrogens (tertiary/aromatic N) is 2. The van der Waals surface area contributed by atoms with Crippen LogP contribution in [0.25, 0.3) is 0 Å². The first-order valence-electron chi connectivity index (χ1n) is 6.32. The number of halogens is 1. The van der Waals surface area contributed by atoms with E-state index in [1.807, 2.05) is 6.92 Å². The Labute approximate surface area is 140 Å². The Morgan fingerprint density at radius 1 is 1.23 bits per heavy atom. The van der Waals surface area contributed by atoms with E-state index in [1.54, 1.807) is 11.8 Å². The minimum Gasteiger partial charge on any atom is -0.325 e. The van der Waals surface area contributed by atoms with Gasteiger partial charge in [0.25, 0.3) is 0 Å². The van der Waals surface area contributed by atoms with Gasteiger partial charge in [0.2, 0.25) is 5.91 Å². The van der Waals surface area contributed by atoms with Gasteiger partial charge in [-0.25, -0.2) is 4.39 Å². The van der Waals surface area contributed by atoms with Gasteiger partial charge in [0.1, 0.15) is 5.82 Å². The Bertz CT molecular complexity index is 658. The number of aromatic nitrogens is 2. The highest BCUT2D eigenvalue weighted by Gasteiger charge is 2.09. The normalized spacial score (nSPS) is 10.5. The summed E-state index contributed by atoms with van der Waals surface area (Å²) in [6.07, 6.45) is 0. The maximum absolute atomic E-state index is 12.8. The summed E-state index contributed by atoms with van der Waals surface area (Å²) in [5.74, 6) is 0.547. The number of anilines is 1. The van der Waals surface area contributed by atoms with E-state index < -0.39 is 0 Å². The van der Waals surface area contributed by atoms with Crippen molar-refractivity contribution in [3.63, 3.8) is 0 Å². The minimum absolute atomic E-state index is 0.164. The second kappa shape index (κ2) is 8.30. The van der Waals surface area contributed by atoms with E-state index in [4.69, 9.17) is 0 Å². The Kier molecular flexibility index (Phi) is 6.41. The van der Waals surface area contributed by atoms with Crippen LogP contribution in [0.4, 0.5) is 10.1 Å². The largest absolute Gasteiger partial charge is 0.325 e. The number of carbonyl (C=O) groups is 1. The zero-order valence-electron chi connectivity index (χ0n) is 11.8. The molecule has 4 nitrogen and oxygen atoms in total. The van der Waals surface area contributed by atoms with Crippen molar-refractivity contribution in [3.05, 3.63) is 42.2 Å². The predicted octanol–water partition coefficient (Wildman–Crippen LogP) is 4.08. The molecule has 2 aromatic rings. The van der Waals surface area contributed by atoms with Crippen molar-refractivity contribution < 1.29 is 9.18 Å². The summed E-state index contributed by atoms with van der Waals surface area (Å²) in [7, 11) is 0. The average molecular weight is 355 g/mol. The van der Waals surface area contributed by atoms with E-state index in [9.17, 15) is 9.18 Å². The highest BCUT2D eigenvalue weighted by Crippen LogP contribution is 2.29.